The second kappa shape index (κ2) is 5.59. The van der Waals surface area contributed by atoms with Crippen molar-refractivity contribution in [3.8, 4) is 12.3 Å². The number of carbonyl (C=O) groups excluding carboxylic acids is 2. The Morgan fingerprint density at radius 2 is 2.10 bits per heavy atom. The number of thioether (sulfide) groups is 1. The number of hydrogen-bond acceptors (Lipinski definition) is 5. The monoisotopic (exact) mass is 288 g/mol. The van der Waals surface area contributed by atoms with E-state index in [1.165, 1.54) is 24.3 Å². The van der Waals surface area contributed by atoms with Crippen LogP contribution in [0.4, 0.5) is 10.5 Å². The maximum Gasteiger partial charge on any atom is 0.294 e. The lowest BCUT2D eigenvalue weighted by molar-refractivity contribution is -0.385. The van der Waals surface area contributed by atoms with Crippen molar-refractivity contribution in [1.82, 2.24) is 4.90 Å². The van der Waals surface area contributed by atoms with Crippen LogP contribution < -0.4 is 0 Å². The van der Waals surface area contributed by atoms with Crippen LogP contribution in [-0.4, -0.2) is 27.5 Å². The fourth-order valence-corrected chi connectivity index (χ4v) is 2.47. The molecule has 1 saturated heterocycles. The Morgan fingerprint density at radius 3 is 2.75 bits per heavy atom. The number of para-hydroxylation sites is 1. The van der Waals surface area contributed by atoms with E-state index in [9.17, 15) is 19.7 Å². The van der Waals surface area contributed by atoms with E-state index in [0.717, 1.165) is 16.7 Å². The molecular formula is C13H8N2O4S. The van der Waals surface area contributed by atoms with Crippen molar-refractivity contribution in [2.75, 3.05) is 6.54 Å². The van der Waals surface area contributed by atoms with Crippen molar-refractivity contribution in [3.63, 3.8) is 0 Å². The lowest BCUT2D eigenvalue weighted by atomic mass is 10.1. The number of rotatable bonds is 3. The molecule has 2 amide bonds. The zero-order valence-corrected chi connectivity index (χ0v) is 10.9. The number of terminal acetylenes is 1. The van der Waals surface area contributed by atoms with Crippen LogP contribution in [0.3, 0.4) is 0 Å². The summed E-state index contributed by atoms with van der Waals surface area (Å²) in [6, 6.07) is 5.98. The number of benzene rings is 1. The van der Waals surface area contributed by atoms with E-state index in [1.807, 2.05) is 0 Å². The summed E-state index contributed by atoms with van der Waals surface area (Å²) in [5.41, 5.74) is 0.139. The van der Waals surface area contributed by atoms with E-state index in [4.69, 9.17) is 6.42 Å². The summed E-state index contributed by atoms with van der Waals surface area (Å²) in [5, 5.41) is 10.4. The van der Waals surface area contributed by atoms with E-state index in [2.05, 4.69) is 5.92 Å². The molecule has 20 heavy (non-hydrogen) atoms. The first-order valence-electron chi connectivity index (χ1n) is 5.47. The average Bonchev–Trinajstić information content (AvgIpc) is 2.67. The van der Waals surface area contributed by atoms with Gasteiger partial charge in [0.15, 0.2) is 0 Å². The second-order valence-electron chi connectivity index (χ2n) is 3.79. The van der Waals surface area contributed by atoms with Crippen molar-refractivity contribution in [2.45, 2.75) is 0 Å². The molecule has 6 nitrogen and oxygen atoms in total. The first kappa shape index (κ1) is 13.8. The molecule has 0 saturated carbocycles. The fourth-order valence-electron chi connectivity index (χ4n) is 1.64. The summed E-state index contributed by atoms with van der Waals surface area (Å²) >= 11 is 0.717. The maximum atomic E-state index is 11.9. The average molecular weight is 288 g/mol. The zero-order valence-electron chi connectivity index (χ0n) is 10.1. The van der Waals surface area contributed by atoms with Gasteiger partial charge in [-0.1, -0.05) is 18.1 Å². The van der Waals surface area contributed by atoms with E-state index in [-0.39, 0.29) is 22.7 Å². The van der Waals surface area contributed by atoms with Gasteiger partial charge in [-0.15, -0.1) is 6.42 Å². The van der Waals surface area contributed by atoms with Crippen LogP contribution in [0, 0.1) is 22.5 Å². The van der Waals surface area contributed by atoms with E-state index >= 15 is 0 Å². The number of carbonyl (C=O) groups is 2. The standard InChI is InChI=1S/C13H8N2O4S/c1-2-7-14-12(16)11(20-13(14)17)8-9-5-3-4-6-10(9)15(18)19/h1,3-6,8H,7H2/b11-8+. The Hall–Kier alpha value is -2.59. The Bertz CT molecular complexity index is 675. The molecule has 0 aromatic heterocycles. The summed E-state index contributed by atoms with van der Waals surface area (Å²) in [4.78, 5) is 34.9. The van der Waals surface area contributed by atoms with Gasteiger partial charge in [0.05, 0.1) is 21.9 Å². The summed E-state index contributed by atoms with van der Waals surface area (Å²) < 4.78 is 0. The Kier molecular flexibility index (Phi) is 3.86. The van der Waals surface area contributed by atoms with Gasteiger partial charge in [0.25, 0.3) is 16.8 Å². The van der Waals surface area contributed by atoms with Gasteiger partial charge in [-0.3, -0.25) is 24.6 Å². The van der Waals surface area contributed by atoms with Crippen LogP contribution in [0.1, 0.15) is 5.56 Å². The normalized spacial score (nSPS) is 16.6. The van der Waals surface area contributed by atoms with E-state index in [0.29, 0.717) is 0 Å². The second-order valence-corrected chi connectivity index (χ2v) is 4.78. The molecule has 0 radical (unpaired) electrons. The molecule has 7 heteroatoms. The van der Waals surface area contributed by atoms with Gasteiger partial charge < -0.3 is 0 Å². The molecule has 1 fully saturated rings. The summed E-state index contributed by atoms with van der Waals surface area (Å²) in [6.45, 7) is -0.112. The third kappa shape index (κ3) is 2.55. The minimum Gasteiger partial charge on any atom is -0.268 e. The van der Waals surface area contributed by atoms with Crippen LogP contribution in [-0.2, 0) is 4.79 Å². The predicted octanol–water partition coefficient (Wildman–Crippen LogP) is 2.26. The highest BCUT2D eigenvalue weighted by Gasteiger charge is 2.34. The van der Waals surface area contributed by atoms with Crippen LogP contribution in [0.15, 0.2) is 29.2 Å². The number of nitro groups is 1. The number of amides is 2. The SMILES string of the molecule is C#CCN1C(=O)S/C(=C/c2ccccc2[N+](=O)[O-])C1=O. The number of imide groups is 1. The summed E-state index contributed by atoms with van der Waals surface area (Å²) in [7, 11) is 0. The predicted molar refractivity (Wildman–Crippen MR) is 74.6 cm³/mol. The first-order valence-corrected chi connectivity index (χ1v) is 6.28. The van der Waals surface area contributed by atoms with Crippen LogP contribution >= 0.6 is 11.8 Å². The number of hydrogen-bond donors (Lipinski definition) is 0. The largest absolute Gasteiger partial charge is 0.294 e. The van der Waals surface area contributed by atoms with Crippen molar-refractivity contribution < 1.29 is 14.5 Å². The van der Waals surface area contributed by atoms with Gasteiger partial charge in [-0.2, -0.15) is 0 Å². The molecule has 0 unspecified atom stereocenters. The Morgan fingerprint density at radius 1 is 1.40 bits per heavy atom. The summed E-state index contributed by atoms with van der Waals surface area (Å²) in [5.74, 6) is 1.69. The van der Waals surface area contributed by atoms with Crippen molar-refractivity contribution in [2.24, 2.45) is 0 Å². The van der Waals surface area contributed by atoms with Crippen molar-refractivity contribution >= 4 is 34.7 Å². The zero-order chi connectivity index (χ0) is 14.7. The highest BCUT2D eigenvalue weighted by atomic mass is 32.2. The van der Waals surface area contributed by atoms with Gasteiger partial charge in [0, 0.05) is 6.07 Å². The minimum absolute atomic E-state index is 0.112. The third-order valence-electron chi connectivity index (χ3n) is 2.54. The maximum absolute atomic E-state index is 11.9. The Labute approximate surface area is 118 Å². The molecule has 100 valence electrons. The van der Waals surface area contributed by atoms with Gasteiger partial charge in [0.2, 0.25) is 0 Å². The van der Waals surface area contributed by atoms with Crippen LogP contribution in [0.2, 0.25) is 0 Å². The van der Waals surface area contributed by atoms with Gasteiger partial charge in [0.1, 0.15) is 0 Å². The quantitative estimate of drug-likeness (QED) is 0.369. The van der Waals surface area contributed by atoms with Crippen molar-refractivity contribution in [3.05, 3.63) is 44.8 Å². The molecule has 1 heterocycles. The fraction of sp³-hybridized carbons (Fsp3) is 0.0769. The molecule has 0 spiro atoms. The highest BCUT2D eigenvalue weighted by Crippen LogP contribution is 2.33. The van der Waals surface area contributed by atoms with Gasteiger partial charge in [-0.05, 0) is 23.9 Å². The van der Waals surface area contributed by atoms with Gasteiger partial charge >= 0.3 is 0 Å². The van der Waals surface area contributed by atoms with E-state index in [1.54, 1.807) is 6.07 Å². The first-order chi connectivity index (χ1) is 9.54. The molecule has 1 aliphatic heterocycles. The van der Waals surface area contributed by atoms with Crippen LogP contribution in [0.25, 0.3) is 6.08 Å². The third-order valence-corrected chi connectivity index (χ3v) is 3.45. The molecule has 0 aliphatic carbocycles. The van der Waals surface area contributed by atoms with Crippen LogP contribution in [0.5, 0.6) is 0 Å². The topological polar surface area (TPSA) is 80.5 Å². The van der Waals surface area contributed by atoms with Gasteiger partial charge in [-0.25, -0.2) is 0 Å². The molecule has 0 atom stereocenters. The smallest absolute Gasteiger partial charge is 0.268 e. The molecule has 1 aromatic carbocycles. The molecular weight excluding hydrogens is 280 g/mol. The van der Waals surface area contributed by atoms with E-state index < -0.39 is 16.1 Å². The molecule has 1 aromatic rings. The molecule has 0 N–H and O–H groups in total. The lowest BCUT2D eigenvalue weighted by Gasteiger charge is -2.06. The lowest BCUT2D eigenvalue weighted by Crippen LogP contribution is -2.28. The molecule has 0 bridgehead atoms. The number of nitrogens with zero attached hydrogens (tertiary/aromatic N) is 2. The molecule has 1 aliphatic rings. The summed E-state index contributed by atoms with van der Waals surface area (Å²) in [6.07, 6.45) is 6.41. The Balaban J connectivity index is 2.39. The number of nitro benzene ring substituents is 1. The minimum atomic E-state index is -0.544. The van der Waals surface area contributed by atoms with Crippen molar-refractivity contribution in [1.29, 1.82) is 0 Å². The molecule has 2 rings (SSSR count). The highest BCUT2D eigenvalue weighted by molar-refractivity contribution is 8.18.